The number of carbonyl (C=O) groups excluding carboxylic acids is 2. The van der Waals surface area contributed by atoms with Gasteiger partial charge in [0.25, 0.3) is 5.91 Å². The molecule has 1 heterocycles. The number of rotatable bonds is 7. The number of carbonyl (C=O) groups is 2. The molecule has 2 amide bonds. The number of nitrogens with zero attached hydrogens (tertiary/aromatic N) is 2. The van der Waals surface area contributed by atoms with E-state index in [1.165, 1.54) is 4.90 Å². The van der Waals surface area contributed by atoms with E-state index in [1.54, 1.807) is 24.3 Å². The lowest BCUT2D eigenvalue weighted by Gasteiger charge is -2.23. The molecule has 0 radical (unpaired) electrons. The van der Waals surface area contributed by atoms with Gasteiger partial charge in [-0.05, 0) is 43.3 Å². The molecule has 1 atom stereocenters. The van der Waals surface area contributed by atoms with Crippen molar-refractivity contribution < 1.29 is 14.3 Å². The fraction of sp³-hybridized carbons (Fsp3) is 0.333. The van der Waals surface area contributed by atoms with Crippen molar-refractivity contribution in [1.82, 2.24) is 4.90 Å². The third-order valence-electron chi connectivity index (χ3n) is 4.50. The van der Waals surface area contributed by atoms with E-state index in [-0.39, 0.29) is 18.2 Å². The largest absolute Gasteiger partial charge is 0.494 e. The molecule has 0 bridgehead atoms. The average Bonchev–Trinajstić information content (AvgIpc) is 2.96. The van der Waals surface area contributed by atoms with Crippen LogP contribution in [-0.4, -0.2) is 36.4 Å². The maximum atomic E-state index is 12.8. The summed E-state index contributed by atoms with van der Waals surface area (Å²) < 4.78 is 5.56. The number of hydrogen-bond acceptors (Lipinski definition) is 4. The highest BCUT2D eigenvalue weighted by Gasteiger charge is 2.41. The first-order valence-electron chi connectivity index (χ1n) is 8.94. The van der Waals surface area contributed by atoms with Gasteiger partial charge >= 0.3 is 0 Å². The van der Waals surface area contributed by atoms with Gasteiger partial charge in [0.2, 0.25) is 5.91 Å². The molecule has 0 unspecified atom stereocenters. The normalized spacial score (nSPS) is 17.2. The molecule has 1 fully saturated rings. The zero-order chi connectivity index (χ0) is 18.5. The second kappa shape index (κ2) is 8.15. The summed E-state index contributed by atoms with van der Waals surface area (Å²) in [7, 11) is 1.88. The number of imide groups is 1. The van der Waals surface area contributed by atoms with Crippen molar-refractivity contribution >= 4 is 17.5 Å². The quantitative estimate of drug-likeness (QED) is 0.718. The molecule has 0 saturated carbocycles. The lowest BCUT2D eigenvalue weighted by atomic mass is 10.1. The van der Waals surface area contributed by atoms with Crippen molar-refractivity contribution in [2.75, 3.05) is 18.6 Å². The Morgan fingerprint density at radius 1 is 1.08 bits per heavy atom. The summed E-state index contributed by atoms with van der Waals surface area (Å²) in [6.45, 7) is 3.32. The van der Waals surface area contributed by atoms with E-state index in [9.17, 15) is 9.59 Å². The predicted octanol–water partition coefficient (Wildman–Crippen LogP) is 3.24. The number of likely N-dealkylation sites (N-methyl/N-ethyl adjacent to an activating group) is 1. The topological polar surface area (TPSA) is 49.9 Å². The van der Waals surface area contributed by atoms with Gasteiger partial charge in [0.05, 0.1) is 24.8 Å². The molecule has 0 aliphatic carbocycles. The molecule has 1 aliphatic heterocycles. The summed E-state index contributed by atoms with van der Waals surface area (Å²) >= 11 is 0. The first-order valence-corrected chi connectivity index (χ1v) is 8.94. The van der Waals surface area contributed by atoms with Crippen LogP contribution in [0.2, 0.25) is 0 Å². The van der Waals surface area contributed by atoms with Gasteiger partial charge in [-0.3, -0.25) is 14.5 Å². The van der Waals surface area contributed by atoms with E-state index >= 15 is 0 Å². The molecule has 0 N–H and O–H groups in total. The fourth-order valence-electron chi connectivity index (χ4n) is 3.12. The Bertz CT molecular complexity index is 759. The van der Waals surface area contributed by atoms with Crippen LogP contribution in [0.25, 0.3) is 0 Å². The third-order valence-corrected chi connectivity index (χ3v) is 4.50. The van der Waals surface area contributed by atoms with E-state index in [2.05, 4.69) is 0 Å². The Labute approximate surface area is 154 Å². The Morgan fingerprint density at radius 3 is 2.42 bits per heavy atom. The Hall–Kier alpha value is -2.66. The average molecular weight is 352 g/mol. The molecule has 1 aliphatic rings. The zero-order valence-electron chi connectivity index (χ0n) is 15.2. The first-order chi connectivity index (χ1) is 12.6. The highest BCUT2D eigenvalue weighted by atomic mass is 16.5. The molecule has 2 aromatic rings. The predicted molar refractivity (Wildman–Crippen MR) is 101 cm³/mol. The van der Waals surface area contributed by atoms with E-state index < -0.39 is 6.04 Å². The second-order valence-corrected chi connectivity index (χ2v) is 6.53. The lowest BCUT2D eigenvalue weighted by molar-refractivity contribution is -0.122. The number of anilines is 1. The number of benzene rings is 2. The number of hydrogen-bond donors (Lipinski definition) is 0. The summed E-state index contributed by atoms with van der Waals surface area (Å²) in [5, 5.41) is 0. The van der Waals surface area contributed by atoms with Crippen molar-refractivity contribution in [3.8, 4) is 5.75 Å². The van der Waals surface area contributed by atoms with Crippen LogP contribution in [0.5, 0.6) is 5.75 Å². The molecule has 3 rings (SSSR count). The number of ether oxygens (including phenoxy) is 1. The van der Waals surface area contributed by atoms with Crippen LogP contribution >= 0.6 is 0 Å². The summed E-state index contributed by atoms with van der Waals surface area (Å²) in [5.41, 5.74) is 1.71. The molecular formula is C21H24N2O3. The fourth-order valence-corrected chi connectivity index (χ4v) is 3.12. The third kappa shape index (κ3) is 3.94. The Morgan fingerprint density at radius 2 is 1.77 bits per heavy atom. The minimum Gasteiger partial charge on any atom is -0.494 e. The zero-order valence-corrected chi connectivity index (χ0v) is 15.2. The Kier molecular flexibility index (Phi) is 5.68. The minimum absolute atomic E-state index is 0.165. The van der Waals surface area contributed by atoms with Gasteiger partial charge in [0, 0.05) is 6.54 Å². The molecule has 136 valence electrons. The molecule has 1 saturated heterocycles. The molecule has 5 heteroatoms. The van der Waals surface area contributed by atoms with Crippen molar-refractivity contribution in [2.45, 2.75) is 32.4 Å². The summed E-state index contributed by atoms with van der Waals surface area (Å²) in [5.74, 6) is 0.408. The Balaban J connectivity index is 1.70. The maximum Gasteiger partial charge on any atom is 0.251 e. The van der Waals surface area contributed by atoms with Crippen LogP contribution < -0.4 is 9.64 Å². The van der Waals surface area contributed by atoms with E-state index in [0.29, 0.717) is 18.8 Å². The van der Waals surface area contributed by atoms with Crippen LogP contribution in [0.15, 0.2) is 54.6 Å². The molecule has 2 aromatic carbocycles. The smallest absolute Gasteiger partial charge is 0.251 e. The molecule has 5 nitrogen and oxygen atoms in total. The van der Waals surface area contributed by atoms with Crippen LogP contribution in [0, 0.1) is 0 Å². The second-order valence-electron chi connectivity index (χ2n) is 6.53. The van der Waals surface area contributed by atoms with Crippen LogP contribution in [0.3, 0.4) is 0 Å². The van der Waals surface area contributed by atoms with Crippen LogP contribution in [0.1, 0.15) is 25.3 Å². The monoisotopic (exact) mass is 352 g/mol. The van der Waals surface area contributed by atoms with Crippen LogP contribution in [-0.2, 0) is 16.1 Å². The van der Waals surface area contributed by atoms with Crippen molar-refractivity contribution in [3.05, 3.63) is 60.2 Å². The van der Waals surface area contributed by atoms with Gasteiger partial charge in [-0.2, -0.15) is 0 Å². The van der Waals surface area contributed by atoms with Gasteiger partial charge in [-0.1, -0.05) is 37.3 Å². The first kappa shape index (κ1) is 18.1. The SMILES string of the molecule is CCCOc1ccc(N2C(=O)C[C@H](N(C)Cc3ccccc3)C2=O)cc1. The van der Waals surface area contributed by atoms with E-state index in [0.717, 1.165) is 17.7 Å². The lowest BCUT2D eigenvalue weighted by Crippen LogP contribution is -2.39. The van der Waals surface area contributed by atoms with E-state index in [1.807, 2.05) is 49.2 Å². The van der Waals surface area contributed by atoms with Crippen molar-refractivity contribution in [2.24, 2.45) is 0 Å². The van der Waals surface area contributed by atoms with Gasteiger partial charge in [0.1, 0.15) is 5.75 Å². The molecule has 26 heavy (non-hydrogen) atoms. The van der Waals surface area contributed by atoms with Gasteiger partial charge < -0.3 is 4.74 Å². The van der Waals surface area contributed by atoms with Crippen LogP contribution in [0.4, 0.5) is 5.69 Å². The standard InChI is InChI=1S/C21H24N2O3/c1-3-13-26-18-11-9-17(10-12-18)23-20(24)14-19(21(23)25)22(2)15-16-7-5-4-6-8-16/h4-12,19H,3,13-15H2,1-2H3/t19-/m0/s1. The summed E-state index contributed by atoms with van der Waals surface area (Å²) in [4.78, 5) is 28.5. The summed E-state index contributed by atoms with van der Waals surface area (Å²) in [6.07, 6.45) is 1.14. The van der Waals surface area contributed by atoms with Crippen molar-refractivity contribution in [3.63, 3.8) is 0 Å². The molecular weight excluding hydrogens is 328 g/mol. The summed E-state index contributed by atoms with van der Waals surface area (Å²) in [6, 6.07) is 16.6. The minimum atomic E-state index is -0.432. The van der Waals surface area contributed by atoms with Gasteiger partial charge in [-0.15, -0.1) is 0 Å². The van der Waals surface area contributed by atoms with Gasteiger partial charge in [0.15, 0.2) is 0 Å². The molecule has 0 aromatic heterocycles. The van der Waals surface area contributed by atoms with Crippen molar-refractivity contribution in [1.29, 1.82) is 0 Å². The maximum absolute atomic E-state index is 12.8. The number of amides is 2. The molecule has 0 spiro atoms. The van der Waals surface area contributed by atoms with E-state index in [4.69, 9.17) is 4.74 Å². The highest BCUT2D eigenvalue weighted by Crippen LogP contribution is 2.27. The van der Waals surface area contributed by atoms with Gasteiger partial charge in [-0.25, -0.2) is 4.90 Å². The highest BCUT2D eigenvalue weighted by molar-refractivity contribution is 6.22.